The number of nitrogen functional groups attached to an aromatic ring is 1. The number of hydrogen-bond donors (Lipinski definition) is 1. The van der Waals surface area contributed by atoms with Crippen molar-refractivity contribution in [3.05, 3.63) is 12.4 Å². The van der Waals surface area contributed by atoms with Gasteiger partial charge >= 0.3 is 0 Å². The largest absolute Gasteiger partial charge is 0.369 e. The molecule has 0 saturated heterocycles. The molecule has 1 atom stereocenters. The van der Waals surface area contributed by atoms with Gasteiger partial charge in [-0.1, -0.05) is 39.0 Å². The minimum Gasteiger partial charge on any atom is -0.369 e. The van der Waals surface area contributed by atoms with E-state index in [2.05, 4.69) is 16.5 Å². The van der Waals surface area contributed by atoms with Crippen molar-refractivity contribution >= 4 is 5.95 Å². The minimum atomic E-state index is 0.651. The third-order valence-corrected chi connectivity index (χ3v) is 3.69. The molecule has 1 aliphatic carbocycles. The van der Waals surface area contributed by atoms with Crippen LogP contribution in [0.1, 0.15) is 39.0 Å². The monoisotopic (exact) mass is 207 g/mol. The number of imidazole rings is 1. The summed E-state index contributed by atoms with van der Waals surface area (Å²) in [6, 6.07) is 0. The van der Waals surface area contributed by atoms with Gasteiger partial charge < -0.3 is 10.3 Å². The second kappa shape index (κ2) is 4.69. The van der Waals surface area contributed by atoms with E-state index in [4.69, 9.17) is 5.73 Å². The smallest absolute Gasteiger partial charge is 0.200 e. The van der Waals surface area contributed by atoms with Gasteiger partial charge in [-0.25, -0.2) is 4.98 Å². The van der Waals surface area contributed by atoms with Crippen molar-refractivity contribution in [3.8, 4) is 0 Å². The number of rotatable bonds is 3. The third kappa shape index (κ3) is 2.52. The fraction of sp³-hybridized carbons (Fsp3) is 0.750. The van der Waals surface area contributed by atoms with Crippen LogP contribution in [0.3, 0.4) is 0 Å². The molecule has 3 heteroatoms. The second-order valence-corrected chi connectivity index (χ2v) is 4.81. The summed E-state index contributed by atoms with van der Waals surface area (Å²) in [6.45, 7) is 3.37. The van der Waals surface area contributed by atoms with Gasteiger partial charge in [0.2, 0.25) is 0 Å². The van der Waals surface area contributed by atoms with Gasteiger partial charge in [-0.05, 0) is 11.8 Å². The van der Waals surface area contributed by atoms with Crippen LogP contribution in [0.2, 0.25) is 0 Å². The Bertz CT molecular complexity index is 300. The van der Waals surface area contributed by atoms with Gasteiger partial charge in [0.25, 0.3) is 0 Å². The lowest BCUT2D eigenvalue weighted by molar-refractivity contribution is 0.242. The molecule has 2 N–H and O–H groups in total. The first kappa shape index (κ1) is 10.5. The molecule has 1 aromatic rings. The molecule has 0 spiro atoms. The molecule has 0 aliphatic heterocycles. The molecule has 15 heavy (non-hydrogen) atoms. The van der Waals surface area contributed by atoms with E-state index in [1.807, 2.05) is 6.20 Å². The van der Waals surface area contributed by atoms with Crippen LogP contribution < -0.4 is 5.73 Å². The Morgan fingerprint density at radius 2 is 2.20 bits per heavy atom. The predicted octanol–water partition coefficient (Wildman–Crippen LogP) is 2.68. The molecule has 1 unspecified atom stereocenters. The Morgan fingerprint density at radius 1 is 1.47 bits per heavy atom. The quantitative estimate of drug-likeness (QED) is 0.828. The van der Waals surface area contributed by atoms with Gasteiger partial charge in [0.1, 0.15) is 0 Å². The van der Waals surface area contributed by atoms with Gasteiger partial charge in [0.05, 0.1) is 0 Å². The Kier molecular flexibility index (Phi) is 3.29. The van der Waals surface area contributed by atoms with Crippen molar-refractivity contribution in [3.63, 3.8) is 0 Å². The lowest BCUT2D eigenvalue weighted by Crippen LogP contribution is -2.20. The van der Waals surface area contributed by atoms with E-state index in [-0.39, 0.29) is 0 Å². The number of anilines is 1. The van der Waals surface area contributed by atoms with Crippen LogP contribution in [-0.4, -0.2) is 9.55 Å². The highest BCUT2D eigenvalue weighted by Crippen LogP contribution is 2.30. The molecule has 1 fully saturated rings. The van der Waals surface area contributed by atoms with Crippen molar-refractivity contribution in [2.24, 2.45) is 11.8 Å². The van der Waals surface area contributed by atoms with Crippen LogP contribution in [0.25, 0.3) is 0 Å². The van der Waals surface area contributed by atoms with Crippen LogP contribution >= 0.6 is 0 Å². The maximum absolute atomic E-state index is 5.77. The molecule has 1 aromatic heterocycles. The molecule has 1 saturated carbocycles. The Hall–Kier alpha value is -0.990. The molecule has 3 nitrogen and oxygen atoms in total. The molecule has 0 radical (unpaired) electrons. The zero-order chi connectivity index (χ0) is 10.7. The van der Waals surface area contributed by atoms with Gasteiger partial charge in [0.15, 0.2) is 5.95 Å². The number of hydrogen-bond acceptors (Lipinski definition) is 2. The summed E-state index contributed by atoms with van der Waals surface area (Å²) in [5.41, 5.74) is 5.77. The van der Waals surface area contributed by atoms with Gasteiger partial charge in [-0.2, -0.15) is 0 Å². The molecule has 2 rings (SSSR count). The first-order valence-electron chi connectivity index (χ1n) is 6.04. The van der Waals surface area contributed by atoms with Crippen molar-refractivity contribution in [1.82, 2.24) is 9.55 Å². The number of nitrogens with two attached hydrogens (primary N) is 1. The topological polar surface area (TPSA) is 43.8 Å². The van der Waals surface area contributed by atoms with E-state index in [0.29, 0.717) is 5.95 Å². The zero-order valence-corrected chi connectivity index (χ0v) is 9.52. The summed E-state index contributed by atoms with van der Waals surface area (Å²) in [5, 5.41) is 0. The van der Waals surface area contributed by atoms with E-state index < -0.39 is 0 Å². The van der Waals surface area contributed by atoms with Crippen molar-refractivity contribution in [2.75, 3.05) is 5.73 Å². The molecule has 0 bridgehead atoms. The van der Waals surface area contributed by atoms with E-state index in [1.165, 1.54) is 32.1 Å². The highest BCUT2D eigenvalue weighted by atomic mass is 15.1. The van der Waals surface area contributed by atoms with E-state index in [1.54, 1.807) is 6.20 Å². The summed E-state index contributed by atoms with van der Waals surface area (Å²) in [6.07, 6.45) is 10.8. The standard InChI is InChI=1S/C12H21N3/c1-10(11-5-3-2-4-6-11)9-15-8-7-14-12(15)13/h7-8,10-11H,2-6,9H2,1H3,(H2,13,14). The van der Waals surface area contributed by atoms with Crippen LogP contribution in [0.15, 0.2) is 12.4 Å². The second-order valence-electron chi connectivity index (χ2n) is 4.81. The van der Waals surface area contributed by atoms with Gasteiger partial charge in [0, 0.05) is 18.9 Å². The van der Waals surface area contributed by atoms with E-state index in [9.17, 15) is 0 Å². The van der Waals surface area contributed by atoms with Crippen molar-refractivity contribution in [2.45, 2.75) is 45.6 Å². The fourth-order valence-electron chi connectivity index (χ4n) is 2.66. The van der Waals surface area contributed by atoms with Gasteiger partial charge in [-0.15, -0.1) is 0 Å². The summed E-state index contributed by atoms with van der Waals surface area (Å²) in [4.78, 5) is 4.06. The van der Waals surface area contributed by atoms with Crippen molar-refractivity contribution < 1.29 is 0 Å². The molecule has 0 amide bonds. The summed E-state index contributed by atoms with van der Waals surface area (Å²) in [5.74, 6) is 2.26. The lowest BCUT2D eigenvalue weighted by atomic mass is 9.81. The Labute approximate surface area is 91.7 Å². The summed E-state index contributed by atoms with van der Waals surface area (Å²) in [7, 11) is 0. The average Bonchev–Trinajstić information content (AvgIpc) is 2.66. The molecule has 1 aliphatic rings. The summed E-state index contributed by atoms with van der Waals surface area (Å²) >= 11 is 0. The summed E-state index contributed by atoms with van der Waals surface area (Å²) < 4.78 is 2.07. The molecule has 0 aromatic carbocycles. The SMILES string of the molecule is CC(Cn1ccnc1N)C1CCCCC1. The average molecular weight is 207 g/mol. The van der Waals surface area contributed by atoms with Crippen LogP contribution in [0, 0.1) is 11.8 Å². The molecule has 1 heterocycles. The fourth-order valence-corrected chi connectivity index (χ4v) is 2.66. The Morgan fingerprint density at radius 3 is 2.80 bits per heavy atom. The van der Waals surface area contributed by atoms with Crippen LogP contribution in [-0.2, 0) is 6.54 Å². The van der Waals surface area contributed by atoms with Crippen LogP contribution in [0.4, 0.5) is 5.95 Å². The van der Waals surface area contributed by atoms with Crippen LogP contribution in [0.5, 0.6) is 0 Å². The number of aromatic nitrogens is 2. The predicted molar refractivity (Wildman–Crippen MR) is 62.4 cm³/mol. The first-order valence-corrected chi connectivity index (χ1v) is 6.04. The maximum Gasteiger partial charge on any atom is 0.200 e. The van der Waals surface area contributed by atoms with Gasteiger partial charge in [-0.3, -0.25) is 0 Å². The lowest BCUT2D eigenvalue weighted by Gasteiger charge is -2.28. The Balaban J connectivity index is 1.91. The number of nitrogens with zero attached hydrogens (tertiary/aromatic N) is 2. The minimum absolute atomic E-state index is 0.651. The normalized spacial score (nSPS) is 20.3. The first-order chi connectivity index (χ1) is 7.27. The van der Waals surface area contributed by atoms with Crippen molar-refractivity contribution in [1.29, 1.82) is 0 Å². The molecule has 84 valence electrons. The third-order valence-electron chi connectivity index (χ3n) is 3.69. The maximum atomic E-state index is 5.77. The van der Waals surface area contributed by atoms with E-state index in [0.717, 1.165) is 18.4 Å². The van der Waals surface area contributed by atoms with E-state index >= 15 is 0 Å². The highest BCUT2D eigenvalue weighted by molar-refractivity contribution is 5.16. The molecular formula is C12H21N3. The highest BCUT2D eigenvalue weighted by Gasteiger charge is 2.20. The zero-order valence-electron chi connectivity index (χ0n) is 9.52. The molecular weight excluding hydrogens is 186 g/mol.